The summed E-state index contributed by atoms with van der Waals surface area (Å²) in [5, 5.41) is 16.6. The lowest BCUT2D eigenvalue weighted by molar-refractivity contribution is 0.315. The van der Waals surface area contributed by atoms with Gasteiger partial charge in [0.15, 0.2) is 0 Å². The molecule has 0 atom stereocenters. The van der Waals surface area contributed by atoms with Crippen LogP contribution >= 0.6 is 0 Å². The molecule has 80 valence electrons. The Balaban J connectivity index is 2.27. The number of hydrogen-bond acceptors (Lipinski definition) is 4. The lowest BCUT2D eigenvalue weighted by atomic mass is 10.0. The third-order valence-electron chi connectivity index (χ3n) is 2.59. The van der Waals surface area contributed by atoms with Gasteiger partial charge in [-0.1, -0.05) is 24.3 Å². The minimum Gasteiger partial charge on any atom is -0.243 e. The first-order valence-electron chi connectivity index (χ1n) is 5.10. The molecular formula is C13H7N3O. The van der Waals surface area contributed by atoms with Gasteiger partial charge < -0.3 is 0 Å². The average Bonchev–Trinajstić information content (AvgIpc) is 2.87. The molecule has 3 rings (SSSR count). The van der Waals surface area contributed by atoms with Crippen molar-refractivity contribution in [1.82, 2.24) is 10.3 Å². The van der Waals surface area contributed by atoms with Gasteiger partial charge in [0.1, 0.15) is 11.0 Å². The Morgan fingerprint density at radius 3 is 2.82 bits per heavy atom. The zero-order valence-corrected chi connectivity index (χ0v) is 8.79. The second-order valence-electron chi connectivity index (χ2n) is 3.63. The summed E-state index contributed by atoms with van der Waals surface area (Å²) < 4.78 is 4.72. The quantitative estimate of drug-likeness (QED) is 0.633. The van der Waals surface area contributed by atoms with E-state index in [-0.39, 0.29) is 0 Å². The van der Waals surface area contributed by atoms with Gasteiger partial charge in [-0.3, -0.25) is 0 Å². The minimum absolute atomic E-state index is 0.621. The van der Waals surface area contributed by atoms with E-state index in [9.17, 15) is 0 Å². The van der Waals surface area contributed by atoms with E-state index in [1.165, 1.54) is 0 Å². The fourth-order valence-corrected chi connectivity index (χ4v) is 1.80. The minimum atomic E-state index is 0.621. The largest absolute Gasteiger partial charge is 0.243 e. The second-order valence-corrected chi connectivity index (χ2v) is 3.63. The topological polar surface area (TPSA) is 62.7 Å². The Bertz CT molecular complexity index is 725. The smallest absolute Gasteiger partial charge is 0.143 e. The molecule has 1 heterocycles. The van der Waals surface area contributed by atoms with Gasteiger partial charge in [-0.15, -0.1) is 0 Å². The molecule has 1 aromatic heterocycles. The molecule has 2 aromatic carbocycles. The van der Waals surface area contributed by atoms with E-state index in [1.54, 1.807) is 6.07 Å². The average molecular weight is 221 g/mol. The highest BCUT2D eigenvalue weighted by molar-refractivity contribution is 5.91. The summed E-state index contributed by atoms with van der Waals surface area (Å²) in [6.07, 6.45) is 0. The summed E-state index contributed by atoms with van der Waals surface area (Å²) in [5.41, 5.74) is 3.90. The normalized spacial score (nSPS) is 10.3. The molecule has 0 saturated carbocycles. The molecule has 0 unspecified atom stereocenters. The number of hydrogen-bond donors (Lipinski definition) is 0. The van der Waals surface area contributed by atoms with Crippen LogP contribution in [0.15, 0.2) is 47.1 Å². The molecule has 3 aromatic rings. The first kappa shape index (κ1) is 9.55. The predicted octanol–water partition coefficient (Wildman–Crippen LogP) is 2.76. The van der Waals surface area contributed by atoms with Crippen molar-refractivity contribution in [1.29, 1.82) is 5.26 Å². The molecule has 0 aliphatic rings. The first-order chi connectivity index (χ1) is 8.38. The molecule has 0 fully saturated rings. The van der Waals surface area contributed by atoms with Gasteiger partial charge >= 0.3 is 0 Å². The standard InChI is InChI=1S/C13H7N3O/c14-8-9-3-1-4-10(7-9)11-5-2-6-12-13(11)16-17-15-12/h1-7H. The van der Waals surface area contributed by atoms with E-state index in [1.807, 2.05) is 36.4 Å². The number of nitrogens with zero attached hydrogens (tertiary/aromatic N) is 3. The fourth-order valence-electron chi connectivity index (χ4n) is 1.80. The molecule has 17 heavy (non-hydrogen) atoms. The number of fused-ring (bicyclic) bond motifs is 1. The highest BCUT2D eigenvalue weighted by Crippen LogP contribution is 2.26. The van der Waals surface area contributed by atoms with E-state index in [4.69, 9.17) is 9.89 Å². The summed E-state index contributed by atoms with van der Waals surface area (Å²) >= 11 is 0. The van der Waals surface area contributed by atoms with Gasteiger partial charge in [-0.05, 0) is 34.1 Å². The van der Waals surface area contributed by atoms with Gasteiger partial charge in [0.2, 0.25) is 0 Å². The number of aromatic nitrogens is 2. The molecule has 0 saturated heterocycles. The van der Waals surface area contributed by atoms with Crippen LogP contribution < -0.4 is 0 Å². The number of nitriles is 1. The Hall–Kier alpha value is -2.67. The zero-order valence-electron chi connectivity index (χ0n) is 8.79. The van der Waals surface area contributed by atoms with Crippen molar-refractivity contribution in [2.75, 3.05) is 0 Å². The number of rotatable bonds is 1. The van der Waals surface area contributed by atoms with Crippen molar-refractivity contribution in [3.8, 4) is 17.2 Å². The SMILES string of the molecule is N#Cc1cccc(-c2cccc3nonc23)c1. The molecule has 0 N–H and O–H groups in total. The maximum Gasteiger partial charge on any atom is 0.143 e. The van der Waals surface area contributed by atoms with E-state index >= 15 is 0 Å². The summed E-state index contributed by atoms with van der Waals surface area (Å²) in [7, 11) is 0. The summed E-state index contributed by atoms with van der Waals surface area (Å²) in [6, 6.07) is 15.2. The van der Waals surface area contributed by atoms with E-state index in [0.29, 0.717) is 16.6 Å². The van der Waals surface area contributed by atoms with E-state index in [2.05, 4.69) is 16.4 Å². The molecule has 0 bridgehead atoms. The Labute approximate surface area is 97.1 Å². The monoisotopic (exact) mass is 221 g/mol. The van der Waals surface area contributed by atoms with Crippen molar-refractivity contribution < 1.29 is 4.63 Å². The Morgan fingerprint density at radius 1 is 1.06 bits per heavy atom. The maximum absolute atomic E-state index is 8.89. The van der Waals surface area contributed by atoms with Crippen LogP contribution in [0.3, 0.4) is 0 Å². The van der Waals surface area contributed by atoms with Crippen LogP contribution in [0, 0.1) is 11.3 Å². The van der Waals surface area contributed by atoms with E-state index in [0.717, 1.165) is 11.1 Å². The molecule has 0 radical (unpaired) electrons. The van der Waals surface area contributed by atoms with Crippen molar-refractivity contribution in [3.05, 3.63) is 48.0 Å². The third-order valence-corrected chi connectivity index (χ3v) is 2.59. The van der Waals surface area contributed by atoms with Crippen LogP contribution in [-0.4, -0.2) is 10.3 Å². The van der Waals surface area contributed by atoms with Gasteiger partial charge in [-0.2, -0.15) is 5.26 Å². The molecule has 0 amide bonds. The van der Waals surface area contributed by atoms with Crippen molar-refractivity contribution in [2.45, 2.75) is 0 Å². The first-order valence-corrected chi connectivity index (χ1v) is 5.10. The fraction of sp³-hybridized carbons (Fsp3) is 0. The van der Waals surface area contributed by atoms with Crippen LogP contribution in [0.1, 0.15) is 5.56 Å². The molecule has 4 heteroatoms. The Morgan fingerprint density at radius 2 is 1.94 bits per heavy atom. The molecule has 0 spiro atoms. The highest BCUT2D eigenvalue weighted by atomic mass is 16.6. The van der Waals surface area contributed by atoms with Gasteiger partial charge in [0, 0.05) is 5.56 Å². The summed E-state index contributed by atoms with van der Waals surface area (Å²) in [6.45, 7) is 0. The van der Waals surface area contributed by atoms with Gasteiger partial charge in [0.05, 0.1) is 11.6 Å². The van der Waals surface area contributed by atoms with Gasteiger partial charge in [0.25, 0.3) is 0 Å². The van der Waals surface area contributed by atoms with Crippen molar-refractivity contribution >= 4 is 11.0 Å². The van der Waals surface area contributed by atoms with Crippen LogP contribution in [-0.2, 0) is 0 Å². The summed E-state index contributed by atoms with van der Waals surface area (Å²) in [5.74, 6) is 0. The molecule has 0 aliphatic heterocycles. The third kappa shape index (κ3) is 1.54. The molecule has 4 nitrogen and oxygen atoms in total. The van der Waals surface area contributed by atoms with Crippen LogP contribution in [0.4, 0.5) is 0 Å². The van der Waals surface area contributed by atoms with Gasteiger partial charge in [-0.25, -0.2) is 4.63 Å². The van der Waals surface area contributed by atoms with Crippen LogP contribution in [0.25, 0.3) is 22.2 Å². The number of benzene rings is 2. The molecular weight excluding hydrogens is 214 g/mol. The summed E-state index contributed by atoms with van der Waals surface area (Å²) in [4.78, 5) is 0. The van der Waals surface area contributed by atoms with Crippen molar-refractivity contribution in [3.63, 3.8) is 0 Å². The second kappa shape index (κ2) is 3.72. The zero-order chi connectivity index (χ0) is 11.7. The van der Waals surface area contributed by atoms with Crippen LogP contribution in [0.5, 0.6) is 0 Å². The van der Waals surface area contributed by atoms with Crippen LogP contribution in [0.2, 0.25) is 0 Å². The lowest BCUT2D eigenvalue weighted by Crippen LogP contribution is -1.82. The lowest BCUT2D eigenvalue weighted by Gasteiger charge is -2.01. The molecule has 0 aliphatic carbocycles. The predicted molar refractivity (Wildman–Crippen MR) is 62.0 cm³/mol. The maximum atomic E-state index is 8.89. The van der Waals surface area contributed by atoms with Crippen molar-refractivity contribution in [2.24, 2.45) is 0 Å². The Kier molecular flexibility index (Phi) is 2.09. The van der Waals surface area contributed by atoms with E-state index < -0.39 is 0 Å². The highest BCUT2D eigenvalue weighted by Gasteiger charge is 2.08.